The van der Waals surface area contributed by atoms with E-state index in [1.54, 1.807) is 12.3 Å². The van der Waals surface area contributed by atoms with Gasteiger partial charge in [-0.3, -0.25) is 9.69 Å². The molecule has 0 radical (unpaired) electrons. The van der Waals surface area contributed by atoms with E-state index in [9.17, 15) is 4.79 Å². The fourth-order valence-electron chi connectivity index (χ4n) is 2.32. The molecule has 2 heterocycles. The van der Waals surface area contributed by atoms with E-state index < -0.39 is 0 Å². The molecule has 0 spiro atoms. The number of nitrogens with zero attached hydrogens (tertiary/aromatic N) is 2. The molecule has 1 unspecified atom stereocenters. The van der Waals surface area contributed by atoms with Gasteiger partial charge in [-0.05, 0) is 19.0 Å². The van der Waals surface area contributed by atoms with Crippen molar-refractivity contribution in [2.75, 3.05) is 32.0 Å². The van der Waals surface area contributed by atoms with Crippen LogP contribution in [0.1, 0.15) is 18.9 Å². The van der Waals surface area contributed by atoms with Crippen LogP contribution in [-0.2, 0) is 16.0 Å². The molecule has 19 heavy (non-hydrogen) atoms. The lowest BCUT2D eigenvalue weighted by atomic mass is 10.0. The Morgan fingerprint density at radius 1 is 1.63 bits per heavy atom. The minimum atomic E-state index is -0.333. The van der Waals surface area contributed by atoms with Gasteiger partial charge >= 0.3 is 0 Å². The van der Waals surface area contributed by atoms with Crippen LogP contribution in [0.15, 0.2) is 18.3 Å². The highest BCUT2D eigenvalue weighted by Crippen LogP contribution is 2.13. The molecule has 1 saturated heterocycles. The Morgan fingerprint density at radius 2 is 2.47 bits per heavy atom. The number of nitrogens with two attached hydrogens (primary N) is 1. The first kappa shape index (κ1) is 14.0. The van der Waals surface area contributed by atoms with Crippen molar-refractivity contribution in [3.8, 4) is 0 Å². The molecular formula is C14H21N3O2. The summed E-state index contributed by atoms with van der Waals surface area (Å²) in [7, 11) is 0. The predicted octanol–water partition coefficient (Wildman–Crippen LogP) is 0.886. The van der Waals surface area contributed by atoms with Crippen LogP contribution in [0.3, 0.4) is 0 Å². The number of morpholine rings is 1. The zero-order valence-corrected chi connectivity index (χ0v) is 11.3. The molecular weight excluding hydrogens is 242 g/mol. The van der Waals surface area contributed by atoms with Crippen molar-refractivity contribution in [3.63, 3.8) is 0 Å². The van der Waals surface area contributed by atoms with E-state index >= 15 is 0 Å². The van der Waals surface area contributed by atoms with Gasteiger partial charge in [0.05, 0.1) is 6.61 Å². The number of ether oxygens (including phenoxy) is 1. The summed E-state index contributed by atoms with van der Waals surface area (Å²) in [4.78, 5) is 18.5. The normalized spacial score (nSPS) is 20.4. The number of carbonyl (C=O) groups is 1. The molecule has 2 N–H and O–H groups in total. The van der Waals surface area contributed by atoms with Crippen LogP contribution >= 0.6 is 0 Å². The number of nitrogen functional groups attached to an aromatic ring is 1. The highest BCUT2D eigenvalue weighted by Gasteiger charge is 2.26. The predicted molar refractivity (Wildman–Crippen MR) is 73.8 cm³/mol. The standard InChI is InChI=1S/C14H21N3O2/c1-2-6-17-7-8-19-13(10-17)12(18)9-11-4-3-5-16-14(11)15/h3-5,13H,2,6-10H2,1H3,(H2,15,16). The van der Waals surface area contributed by atoms with E-state index in [2.05, 4.69) is 16.8 Å². The van der Waals surface area contributed by atoms with Crippen LogP contribution in [0.25, 0.3) is 0 Å². The first-order valence-corrected chi connectivity index (χ1v) is 6.76. The molecule has 1 aromatic rings. The monoisotopic (exact) mass is 263 g/mol. The highest BCUT2D eigenvalue weighted by atomic mass is 16.5. The maximum absolute atomic E-state index is 12.2. The Kier molecular flexibility index (Phi) is 4.87. The molecule has 5 heteroatoms. The van der Waals surface area contributed by atoms with Gasteiger partial charge in [-0.25, -0.2) is 4.98 Å². The Bertz CT molecular complexity index is 434. The topological polar surface area (TPSA) is 68.5 Å². The second-order valence-corrected chi connectivity index (χ2v) is 4.85. The zero-order valence-electron chi connectivity index (χ0n) is 11.3. The average molecular weight is 263 g/mol. The van der Waals surface area contributed by atoms with E-state index in [1.807, 2.05) is 6.07 Å². The molecule has 104 valence electrons. The van der Waals surface area contributed by atoms with Crippen LogP contribution in [0.4, 0.5) is 5.82 Å². The number of ketones is 1. The summed E-state index contributed by atoms with van der Waals surface area (Å²) in [6.45, 7) is 5.38. The summed E-state index contributed by atoms with van der Waals surface area (Å²) in [6, 6.07) is 3.64. The van der Waals surface area contributed by atoms with Crippen molar-refractivity contribution in [2.24, 2.45) is 0 Å². The van der Waals surface area contributed by atoms with E-state index in [4.69, 9.17) is 10.5 Å². The van der Waals surface area contributed by atoms with E-state index in [0.717, 1.165) is 25.1 Å². The number of hydrogen-bond acceptors (Lipinski definition) is 5. The molecule has 1 aromatic heterocycles. The third-order valence-electron chi connectivity index (χ3n) is 3.34. The number of anilines is 1. The van der Waals surface area contributed by atoms with Gasteiger partial charge in [0.1, 0.15) is 11.9 Å². The maximum Gasteiger partial charge on any atom is 0.167 e. The molecule has 0 bridgehead atoms. The first-order chi connectivity index (χ1) is 9.20. The van der Waals surface area contributed by atoms with Crippen LogP contribution < -0.4 is 5.73 Å². The summed E-state index contributed by atoms with van der Waals surface area (Å²) in [5.74, 6) is 0.512. The summed E-state index contributed by atoms with van der Waals surface area (Å²) >= 11 is 0. The second-order valence-electron chi connectivity index (χ2n) is 4.85. The zero-order chi connectivity index (χ0) is 13.7. The van der Waals surface area contributed by atoms with E-state index in [0.29, 0.717) is 25.4 Å². The molecule has 0 aliphatic carbocycles. The van der Waals surface area contributed by atoms with Crippen molar-refractivity contribution in [1.82, 2.24) is 9.88 Å². The quantitative estimate of drug-likeness (QED) is 0.854. The van der Waals surface area contributed by atoms with Crippen molar-refractivity contribution < 1.29 is 9.53 Å². The number of Topliss-reactive ketones (excluding diaryl/α,β-unsaturated/α-hetero) is 1. The Morgan fingerprint density at radius 3 is 3.21 bits per heavy atom. The van der Waals surface area contributed by atoms with E-state index in [1.165, 1.54) is 0 Å². The van der Waals surface area contributed by atoms with Gasteiger partial charge in [-0.1, -0.05) is 13.0 Å². The van der Waals surface area contributed by atoms with Gasteiger partial charge in [0.25, 0.3) is 0 Å². The molecule has 1 aliphatic heterocycles. The number of aromatic nitrogens is 1. The molecule has 1 atom stereocenters. The average Bonchev–Trinajstić information content (AvgIpc) is 2.42. The fraction of sp³-hybridized carbons (Fsp3) is 0.571. The Balaban J connectivity index is 1.94. The maximum atomic E-state index is 12.2. The van der Waals surface area contributed by atoms with Gasteiger partial charge in [0.15, 0.2) is 5.78 Å². The summed E-state index contributed by atoms with van der Waals surface area (Å²) in [5, 5.41) is 0. The van der Waals surface area contributed by atoms with Crippen molar-refractivity contribution in [2.45, 2.75) is 25.9 Å². The fourth-order valence-corrected chi connectivity index (χ4v) is 2.32. The van der Waals surface area contributed by atoms with Crippen molar-refractivity contribution >= 4 is 11.6 Å². The Hall–Kier alpha value is -1.46. The van der Waals surface area contributed by atoms with Crippen LogP contribution in [0, 0.1) is 0 Å². The molecule has 0 aromatic carbocycles. The van der Waals surface area contributed by atoms with Crippen molar-refractivity contribution in [1.29, 1.82) is 0 Å². The van der Waals surface area contributed by atoms with Crippen LogP contribution in [0.5, 0.6) is 0 Å². The molecule has 1 fully saturated rings. The van der Waals surface area contributed by atoms with Gasteiger partial charge in [-0.15, -0.1) is 0 Å². The third-order valence-corrected chi connectivity index (χ3v) is 3.34. The van der Waals surface area contributed by atoms with Crippen LogP contribution in [0.2, 0.25) is 0 Å². The van der Waals surface area contributed by atoms with Gasteiger partial charge in [0, 0.05) is 31.3 Å². The molecule has 5 nitrogen and oxygen atoms in total. The van der Waals surface area contributed by atoms with Gasteiger partial charge in [-0.2, -0.15) is 0 Å². The third kappa shape index (κ3) is 3.75. The summed E-state index contributed by atoms with van der Waals surface area (Å²) < 4.78 is 5.58. The lowest BCUT2D eigenvalue weighted by Crippen LogP contribution is -2.46. The number of carbonyl (C=O) groups excluding carboxylic acids is 1. The lowest BCUT2D eigenvalue weighted by molar-refractivity contribution is -0.135. The molecule has 0 amide bonds. The number of hydrogen-bond donors (Lipinski definition) is 1. The molecule has 1 aliphatic rings. The largest absolute Gasteiger partial charge is 0.383 e. The number of rotatable bonds is 5. The summed E-state index contributed by atoms with van der Waals surface area (Å²) in [6.07, 6.45) is 2.68. The number of pyridine rings is 1. The minimum Gasteiger partial charge on any atom is -0.383 e. The summed E-state index contributed by atoms with van der Waals surface area (Å²) in [5.41, 5.74) is 6.54. The van der Waals surface area contributed by atoms with Crippen LogP contribution in [-0.4, -0.2) is 48.0 Å². The minimum absolute atomic E-state index is 0.0838. The SMILES string of the molecule is CCCN1CCOC(C(=O)Cc2cccnc2N)C1. The van der Waals surface area contributed by atoms with Crippen molar-refractivity contribution in [3.05, 3.63) is 23.9 Å². The molecule has 2 rings (SSSR count). The lowest BCUT2D eigenvalue weighted by Gasteiger charge is -2.31. The second kappa shape index (κ2) is 6.63. The van der Waals surface area contributed by atoms with Gasteiger partial charge in [0.2, 0.25) is 0 Å². The van der Waals surface area contributed by atoms with Gasteiger partial charge < -0.3 is 10.5 Å². The Labute approximate surface area is 113 Å². The highest BCUT2D eigenvalue weighted by molar-refractivity contribution is 5.86. The molecule has 0 saturated carbocycles. The van der Waals surface area contributed by atoms with E-state index in [-0.39, 0.29) is 11.9 Å². The first-order valence-electron chi connectivity index (χ1n) is 6.76. The smallest absolute Gasteiger partial charge is 0.167 e.